The largest absolute Gasteiger partial charge is 0.363 e. The molecule has 6 heteroatoms. The van der Waals surface area contributed by atoms with Crippen LogP contribution in [-0.2, 0) is 6.54 Å². The summed E-state index contributed by atoms with van der Waals surface area (Å²) in [5, 5.41) is 6.49. The number of anilines is 1. The molecular weight excluding hydrogens is 249 g/mol. The van der Waals surface area contributed by atoms with Crippen molar-refractivity contribution in [3.63, 3.8) is 0 Å². The van der Waals surface area contributed by atoms with Crippen molar-refractivity contribution in [2.75, 3.05) is 5.32 Å². The minimum absolute atomic E-state index is 0.283. The van der Waals surface area contributed by atoms with Crippen molar-refractivity contribution >= 4 is 17.2 Å². The van der Waals surface area contributed by atoms with Crippen molar-refractivity contribution in [1.82, 2.24) is 4.98 Å². The van der Waals surface area contributed by atoms with E-state index in [0.29, 0.717) is 12.6 Å². The highest BCUT2D eigenvalue weighted by Crippen LogP contribution is 2.18. The van der Waals surface area contributed by atoms with Crippen molar-refractivity contribution in [2.24, 2.45) is 0 Å². The smallest absolute Gasteiger partial charge is 0.251 e. The molecule has 0 amide bonds. The fourth-order valence-corrected chi connectivity index (χ4v) is 2.17. The third-order valence-corrected chi connectivity index (χ3v) is 3.20. The van der Waals surface area contributed by atoms with Gasteiger partial charge in [0.1, 0.15) is 0 Å². The first-order valence-electron chi connectivity index (χ1n) is 4.85. The van der Waals surface area contributed by atoms with E-state index >= 15 is 0 Å². The Morgan fingerprint density at radius 2 is 2.00 bits per heavy atom. The molecular formula is C11H9F3N2S. The van der Waals surface area contributed by atoms with Gasteiger partial charge in [0.15, 0.2) is 17.5 Å². The molecule has 0 bridgehead atoms. The van der Waals surface area contributed by atoms with Crippen molar-refractivity contribution in [3.8, 4) is 0 Å². The number of hydrogen-bond donors (Lipinski definition) is 1. The summed E-state index contributed by atoms with van der Waals surface area (Å²) in [7, 11) is 0. The third-order valence-electron chi connectivity index (χ3n) is 2.29. The molecule has 2 heterocycles. The van der Waals surface area contributed by atoms with Crippen LogP contribution < -0.4 is 5.32 Å². The third kappa shape index (κ3) is 2.58. The van der Waals surface area contributed by atoms with Crippen molar-refractivity contribution in [3.05, 3.63) is 45.5 Å². The minimum atomic E-state index is -1.31. The molecule has 2 rings (SSSR count). The summed E-state index contributed by atoms with van der Waals surface area (Å²) in [6.45, 7) is 2.24. The highest BCUT2D eigenvalue weighted by molar-refractivity contribution is 7.08. The zero-order valence-electron chi connectivity index (χ0n) is 8.93. The predicted molar refractivity (Wildman–Crippen MR) is 60.5 cm³/mol. The van der Waals surface area contributed by atoms with Gasteiger partial charge in [-0.1, -0.05) is 0 Å². The number of rotatable bonds is 3. The van der Waals surface area contributed by atoms with Gasteiger partial charge in [-0.25, -0.2) is 8.78 Å². The average molecular weight is 258 g/mol. The second-order valence-electron chi connectivity index (χ2n) is 3.53. The summed E-state index contributed by atoms with van der Waals surface area (Å²) in [5.41, 5.74) is 2.03. The molecule has 0 saturated heterocycles. The molecule has 0 radical (unpaired) electrons. The Kier molecular flexibility index (Phi) is 3.33. The summed E-state index contributed by atoms with van der Waals surface area (Å²) >= 11 is 1.52. The Labute approximate surface area is 100 Å². The first-order valence-corrected chi connectivity index (χ1v) is 5.79. The van der Waals surface area contributed by atoms with E-state index in [4.69, 9.17) is 0 Å². The van der Waals surface area contributed by atoms with E-state index in [1.165, 1.54) is 11.3 Å². The number of halogens is 3. The summed E-state index contributed by atoms with van der Waals surface area (Å²) in [6.07, 6.45) is 0. The van der Waals surface area contributed by atoms with Gasteiger partial charge in [0.2, 0.25) is 0 Å². The quantitative estimate of drug-likeness (QED) is 0.852. The number of aryl methyl sites for hydroxylation is 1. The van der Waals surface area contributed by atoms with E-state index in [-0.39, 0.29) is 5.82 Å². The van der Waals surface area contributed by atoms with Crippen LogP contribution in [0, 0.1) is 24.5 Å². The Morgan fingerprint density at radius 3 is 2.65 bits per heavy atom. The highest BCUT2D eigenvalue weighted by atomic mass is 32.1. The standard InChI is InChI=1S/C11H9F3N2S/c1-6-4-17-5-7(6)3-15-11-9(13)2-8(12)10(14)16-11/h2,4-5H,3H2,1H3,(H,15,16). The van der Waals surface area contributed by atoms with Crippen LogP contribution in [0.3, 0.4) is 0 Å². The molecule has 90 valence electrons. The second-order valence-corrected chi connectivity index (χ2v) is 4.27. The zero-order chi connectivity index (χ0) is 12.4. The maximum Gasteiger partial charge on any atom is 0.251 e. The molecule has 0 spiro atoms. The van der Waals surface area contributed by atoms with Crippen molar-refractivity contribution in [2.45, 2.75) is 13.5 Å². The molecule has 1 N–H and O–H groups in total. The average Bonchev–Trinajstić information content (AvgIpc) is 2.68. The minimum Gasteiger partial charge on any atom is -0.363 e. The summed E-state index contributed by atoms with van der Waals surface area (Å²) < 4.78 is 38.7. The Balaban J connectivity index is 2.14. The van der Waals surface area contributed by atoms with Crippen LogP contribution in [0.4, 0.5) is 19.0 Å². The fraction of sp³-hybridized carbons (Fsp3) is 0.182. The van der Waals surface area contributed by atoms with E-state index in [9.17, 15) is 13.2 Å². The van der Waals surface area contributed by atoms with E-state index in [0.717, 1.165) is 11.1 Å². The number of pyridine rings is 1. The molecule has 0 saturated carbocycles. The fourth-order valence-electron chi connectivity index (χ4n) is 1.31. The lowest BCUT2D eigenvalue weighted by Gasteiger charge is -2.06. The maximum atomic E-state index is 13.2. The first kappa shape index (κ1) is 11.9. The van der Waals surface area contributed by atoms with Crippen LogP contribution in [0.1, 0.15) is 11.1 Å². The van der Waals surface area contributed by atoms with E-state index in [1.54, 1.807) is 0 Å². The Hall–Kier alpha value is -1.56. The van der Waals surface area contributed by atoms with E-state index < -0.39 is 17.6 Å². The normalized spacial score (nSPS) is 10.6. The number of hydrogen-bond acceptors (Lipinski definition) is 3. The molecule has 2 nitrogen and oxygen atoms in total. The molecule has 0 aliphatic rings. The molecule has 0 fully saturated rings. The highest BCUT2D eigenvalue weighted by Gasteiger charge is 2.11. The van der Waals surface area contributed by atoms with Gasteiger partial charge in [0, 0.05) is 12.6 Å². The molecule has 0 aromatic carbocycles. The SMILES string of the molecule is Cc1cscc1CNc1nc(F)c(F)cc1F. The van der Waals surface area contributed by atoms with Gasteiger partial charge in [-0.2, -0.15) is 20.7 Å². The molecule has 0 aliphatic heterocycles. The summed E-state index contributed by atoms with van der Waals surface area (Å²) in [5.74, 6) is -3.79. The number of thiophene rings is 1. The lowest BCUT2D eigenvalue weighted by molar-refractivity contribution is 0.466. The van der Waals surface area contributed by atoms with Crippen LogP contribution in [-0.4, -0.2) is 4.98 Å². The summed E-state index contributed by atoms with van der Waals surface area (Å²) in [6, 6.07) is 0.477. The van der Waals surface area contributed by atoms with Gasteiger partial charge in [0.25, 0.3) is 5.95 Å². The van der Waals surface area contributed by atoms with Crippen LogP contribution in [0.5, 0.6) is 0 Å². The van der Waals surface area contributed by atoms with Crippen LogP contribution in [0.2, 0.25) is 0 Å². The number of aromatic nitrogens is 1. The lowest BCUT2D eigenvalue weighted by atomic mass is 10.2. The van der Waals surface area contributed by atoms with Crippen LogP contribution in [0.25, 0.3) is 0 Å². The molecule has 0 aliphatic carbocycles. The molecule has 0 atom stereocenters. The van der Waals surface area contributed by atoms with E-state index in [1.807, 2.05) is 17.7 Å². The molecule has 2 aromatic heterocycles. The van der Waals surface area contributed by atoms with E-state index in [2.05, 4.69) is 10.3 Å². The number of nitrogens with one attached hydrogen (secondary N) is 1. The van der Waals surface area contributed by atoms with Gasteiger partial charge < -0.3 is 5.32 Å². The second kappa shape index (κ2) is 4.75. The zero-order valence-corrected chi connectivity index (χ0v) is 9.75. The number of nitrogens with zero attached hydrogens (tertiary/aromatic N) is 1. The van der Waals surface area contributed by atoms with Crippen LogP contribution in [0.15, 0.2) is 16.8 Å². The monoisotopic (exact) mass is 258 g/mol. The maximum absolute atomic E-state index is 13.2. The Bertz CT molecular complexity index is 540. The van der Waals surface area contributed by atoms with Crippen molar-refractivity contribution < 1.29 is 13.2 Å². The lowest BCUT2D eigenvalue weighted by Crippen LogP contribution is -2.06. The van der Waals surface area contributed by atoms with Gasteiger partial charge >= 0.3 is 0 Å². The topological polar surface area (TPSA) is 24.9 Å². The first-order chi connectivity index (χ1) is 8.08. The van der Waals surface area contributed by atoms with Gasteiger partial charge in [-0.05, 0) is 28.8 Å². The van der Waals surface area contributed by atoms with Gasteiger partial charge in [-0.15, -0.1) is 0 Å². The molecule has 17 heavy (non-hydrogen) atoms. The van der Waals surface area contributed by atoms with Gasteiger partial charge in [0.05, 0.1) is 0 Å². The predicted octanol–water partition coefficient (Wildman–Crippen LogP) is 3.48. The Morgan fingerprint density at radius 1 is 1.24 bits per heavy atom. The van der Waals surface area contributed by atoms with Crippen molar-refractivity contribution in [1.29, 1.82) is 0 Å². The molecule has 0 unspecified atom stereocenters. The molecule has 2 aromatic rings. The van der Waals surface area contributed by atoms with Crippen LogP contribution >= 0.6 is 11.3 Å². The summed E-state index contributed by atoms with van der Waals surface area (Å²) in [4.78, 5) is 3.18. The van der Waals surface area contributed by atoms with Gasteiger partial charge in [-0.3, -0.25) is 0 Å².